The van der Waals surface area contributed by atoms with Crippen LogP contribution in [-0.4, -0.2) is 42.8 Å². The highest BCUT2D eigenvalue weighted by Crippen LogP contribution is 2.19. The number of hydrogen-bond donors (Lipinski definition) is 1. The van der Waals surface area contributed by atoms with Gasteiger partial charge >= 0.3 is 0 Å². The number of nitrogens with one attached hydrogen (secondary N) is 1. The first kappa shape index (κ1) is 16.0. The number of carbonyl (C=O) groups excluding carboxylic acids is 1. The van der Waals surface area contributed by atoms with Crippen LogP contribution in [0.3, 0.4) is 0 Å². The van der Waals surface area contributed by atoms with Crippen molar-refractivity contribution in [3.63, 3.8) is 0 Å². The minimum atomic E-state index is -0.0146. The summed E-state index contributed by atoms with van der Waals surface area (Å²) in [4.78, 5) is 13.8. The van der Waals surface area contributed by atoms with E-state index in [1.165, 1.54) is 25.9 Å². The lowest BCUT2D eigenvalue weighted by Gasteiger charge is -2.19. The summed E-state index contributed by atoms with van der Waals surface area (Å²) >= 11 is 0. The van der Waals surface area contributed by atoms with Gasteiger partial charge in [0.1, 0.15) is 5.75 Å². The summed E-state index contributed by atoms with van der Waals surface area (Å²) in [5, 5.41) is 4.18. The quantitative estimate of drug-likeness (QED) is 0.820. The monoisotopic (exact) mass is 315 g/mol. The van der Waals surface area contributed by atoms with Crippen LogP contribution in [0, 0.1) is 5.92 Å². The Morgan fingerprint density at radius 1 is 1.26 bits per heavy atom. The molecule has 124 valence electrons. The Kier molecular flexibility index (Phi) is 5.28. The Labute approximate surface area is 137 Å². The van der Waals surface area contributed by atoms with Crippen LogP contribution in [0.15, 0.2) is 29.4 Å². The van der Waals surface area contributed by atoms with E-state index in [0.29, 0.717) is 6.42 Å². The summed E-state index contributed by atoms with van der Waals surface area (Å²) in [5.74, 6) is 1.03. The van der Waals surface area contributed by atoms with Gasteiger partial charge in [-0.2, -0.15) is 5.10 Å². The van der Waals surface area contributed by atoms with Gasteiger partial charge in [0.15, 0.2) is 0 Å². The van der Waals surface area contributed by atoms with Gasteiger partial charge < -0.3 is 9.64 Å². The number of rotatable bonds is 6. The summed E-state index contributed by atoms with van der Waals surface area (Å²) in [6, 6.07) is 8.00. The fourth-order valence-electron chi connectivity index (χ4n) is 3.21. The minimum Gasteiger partial charge on any atom is -0.494 e. The average molecular weight is 315 g/mol. The van der Waals surface area contributed by atoms with E-state index < -0.39 is 0 Å². The molecule has 2 heterocycles. The second-order valence-electron chi connectivity index (χ2n) is 6.41. The van der Waals surface area contributed by atoms with E-state index in [1.807, 2.05) is 31.2 Å². The van der Waals surface area contributed by atoms with Crippen LogP contribution in [0.5, 0.6) is 5.75 Å². The largest absolute Gasteiger partial charge is 0.494 e. The normalized spacial score (nSPS) is 21.9. The molecule has 1 aromatic carbocycles. The fraction of sp³-hybridized carbons (Fsp3) is 0.556. The maximum absolute atomic E-state index is 11.3. The molecule has 1 N–H and O–H groups in total. The predicted octanol–water partition coefficient (Wildman–Crippen LogP) is 2.41. The first-order chi connectivity index (χ1) is 11.2. The standard InChI is InChI=1S/C18H25N3O2/c1-14-13-17(22)19-20-18(14)15-5-7-16(8-6-15)23-12-4-11-21-9-2-3-10-21/h5-8,14H,2-4,9-13H2,1H3,(H,19,22). The van der Waals surface area contributed by atoms with Crippen molar-refractivity contribution in [1.82, 2.24) is 10.3 Å². The molecule has 5 heteroatoms. The Morgan fingerprint density at radius 2 is 2.00 bits per heavy atom. The molecule has 1 amide bonds. The molecule has 0 aromatic heterocycles. The molecule has 2 aliphatic rings. The molecule has 1 fully saturated rings. The molecule has 3 rings (SSSR count). The third kappa shape index (κ3) is 4.32. The topological polar surface area (TPSA) is 53.9 Å². The van der Waals surface area contributed by atoms with E-state index in [9.17, 15) is 4.79 Å². The van der Waals surface area contributed by atoms with Crippen molar-refractivity contribution >= 4 is 11.6 Å². The third-order valence-electron chi connectivity index (χ3n) is 4.50. The Balaban J connectivity index is 1.48. The predicted molar refractivity (Wildman–Crippen MR) is 90.7 cm³/mol. The number of benzene rings is 1. The molecule has 0 aliphatic carbocycles. The zero-order valence-corrected chi connectivity index (χ0v) is 13.8. The Hall–Kier alpha value is -1.88. The van der Waals surface area contributed by atoms with E-state index >= 15 is 0 Å². The highest BCUT2D eigenvalue weighted by Gasteiger charge is 2.21. The lowest BCUT2D eigenvalue weighted by atomic mass is 9.94. The number of likely N-dealkylation sites (tertiary alicyclic amines) is 1. The third-order valence-corrected chi connectivity index (χ3v) is 4.50. The smallest absolute Gasteiger partial charge is 0.240 e. The molecular weight excluding hydrogens is 290 g/mol. The van der Waals surface area contributed by atoms with E-state index in [1.54, 1.807) is 0 Å². The van der Waals surface area contributed by atoms with Crippen molar-refractivity contribution in [2.24, 2.45) is 11.0 Å². The van der Waals surface area contributed by atoms with Crippen LogP contribution in [0.4, 0.5) is 0 Å². The number of carbonyl (C=O) groups is 1. The molecule has 0 bridgehead atoms. The molecular formula is C18H25N3O2. The molecule has 0 spiro atoms. The molecule has 1 atom stereocenters. The first-order valence-electron chi connectivity index (χ1n) is 8.54. The second-order valence-corrected chi connectivity index (χ2v) is 6.41. The molecule has 1 aromatic rings. The van der Waals surface area contributed by atoms with E-state index in [2.05, 4.69) is 15.4 Å². The summed E-state index contributed by atoms with van der Waals surface area (Å²) in [6.07, 6.45) is 4.24. The SMILES string of the molecule is CC1CC(=O)NN=C1c1ccc(OCCCN2CCCC2)cc1. The van der Waals surface area contributed by atoms with Crippen molar-refractivity contribution in [2.75, 3.05) is 26.2 Å². The van der Waals surface area contributed by atoms with Crippen molar-refractivity contribution in [3.05, 3.63) is 29.8 Å². The van der Waals surface area contributed by atoms with Crippen molar-refractivity contribution in [1.29, 1.82) is 0 Å². The highest BCUT2D eigenvalue weighted by atomic mass is 16.5. The molecule has 5 nitrogen and oxygen atoms in total. The van der Waals surface area contributed by atoms with Gasteiger partial charge in [0, 0.05) is 18.9 Å². The van der Waals surface area contributed by atoms with Gasteiger partial charge in [-0.15, -0.1) is 0 Å². The lowest BCUT2D eigenvalue weighted by molar-refractivity contribution is -0.121. The molecule has 1 saturated heterocycles. The van der Waals surface area contributed by atoms with Crippen LogP contribution in [0.1, 0.15) is 38.2 Å². The molecule has 1 unspecified atom stereocenters. The minimum absolute atomic E-state index is 0.0146. The number of amides is 1. The summed E-state index contributed by atoms with van der Waals surface area (Å²) in [5.41, 5.74) is 4.54. The molecule has 2 aliphatic heterocycles. The van der Waals surface area contributed by atoms with Gasteiger partial charge in [-0.3, -0.25) is 4.79 Å². The average Bonchev–Trinajstić information content (AvgIpc) is 3.06. The van der Waals surface area contributed by atoms with Crippen LogP contribution < -0.4 is 10.2 Å². The van der Waals surface area contributed by atoms with Crippen LogP contribution in [0.2, 0.25) is 0 Å². The van der Waals surface area contributed by atoms with Gasteiger partial charge in [-0.05, 0) is 62.2 Å². The fourth-order valence-corrected chi connectivity index (χ4v) is 3.21. The zero-order chi connectivity index (χ0) is 16.1. The molecule has 0 saturated carbocycles. The molecule has 23 heavy (non-hydrogen) atoms. The second kappa shape index (κ2) is 7.59. The van der Waals surface area contributed by atoms with Gasteiger partial charge in [-0.25, -0.2) is 5.43 Å². The van der Waals surface area contributed by atoms with Crippen LogP contribution in [-0.2, 0) is 4.79 Å². The molecule has 0 radical (unpaired) electrons. The van der Waals surface area contributed by atoms with Gasteiger partial charge in [0.2, 0.25) is 5.91 Å². The van der Waals surface area contributed by atoms with E-state index in [-0.39, 0.29) is 11.8 Å². The summed E-state index contributed by atoms with van der Waals surface area (Å²) in [7, 11) is 0. The number of hydrazone groups is 1. The zero-order valence-electron chi connectivity index (χ0n) is 13.8. The van der Waals surface area contributed by atoms with Crippen LogP contribution >= 0.6 is 0 Å². The van der Waals surface area contributed by atoms with Gasteiger partial charge in [0.25, 0.3) is 0 Å². The number of hydrogen-bond acceptors (Lipinski definition) is 4. The van der Waals surface area contributed by atoms with E-state index in [0.717, 1.165) is 36.6 Å². The Morgan fingerprint density at radius 3 is 2.70 bits per heavy atom. The summed E-state index contributed by atoms with van der Waals surface area (Å²) in [6.45, 7) is 6.40. The van der Waals surface area contributed by atoms with E-state index in [4.69, 9.17) is 4.74 Å². The van der Waals surface area contributed by atoms with Crippen LogP contribution in [0.25, 0.3) is 0 Å². The lowest BCUT2D eigenvalue weighted by Crippen LogP contribution is -2.31. The first-order valence-corrected chi connectivity index (χ1v) is 8.54. The van der Waals surface area contributed by atoms with Gasteiger partial charge in [-0.1, -0.05) is 6.92 Å². The highest BCUT2D eigenvalue weighted by molar-refractivity contribution is 6.05. The van der Waals surface area contributed by atoms with Crippen molar-refractivity contribution in [2.45, 2.75) is 32.6 Å². The summed E-state index contributed by atoms with van der Waals surface area (Å²) < 4.78 is 5.82. The number of ether oxygens (including phenoxy) is 1. The van der Waals surface area contributed by atoms with Crippen molar-refractivity contribution in [3.8, 4) is 5.75 Å². The number of nitrogens with zero attached hydrogens (tertiary/aromatic N) is 2. The Bertz CT molecular complexity index is 562. The van der Waals surface area contributed by atoms with Gasteiger partial charge in [0.05, 0.1) is 12.3 Å². The maximum atomic E-state index is 11.3. The van der Waals surface area contributed by atoms with Crippen molar-refractivity contribution < 1.29 is 9.53 Å². The maximum Gasteiger partial charge on any atom is 0.240 e.